The standard InChI is InChI=1S/C14H25N5/c1-12-16-13(18(2)10-7-15)11-14(17-12)19-8-5-3-4-6-9-19/h11H,3-10,15H2,1-2H3. The van der Waals surface area contributed by atoms with Crippen molar-refractivity contribution in [1.29, 1.82) is 0 Å². The quantitative estimate of drug-likeness (QED) is 0.893. The van der Waals surface area contributed by atoms with Crippen molar-refractivity contribution in [2.45, 2.75) is 32.6 Å². The highest BCUT2D eigenvalue weighted by molar-refractivity contribution is 5.50. The molecule has 0 saturated carbocycles. The molecular weight excluding hydrogens is 238 g/mol. The first-order chi connectivity index (χ1) is 9.20. The molecule has 2 N–H and O–H groups in total. The molecule has 0 atom stereocenters. The average molecular weight is 263 g/mol. The molecule has 0 amide bonds. The van der Waals surface area contributed by atoms with Gasteiger partial charge >= 0.3 is 0 Å². The monoisotopic (exact) mass is 263 g/mol. The first-order valence-corrected chi connectivity index (χ1v) is 7.22. The summed E-state index contributed by atoms with van der Waals surface area (Å²) in [7, 11) is 2.03. The lowest BCUT2D eigenvalue weighted by Crippen LogP contribution is -2.28. The summed E-state index contributed by atoms with van der Waals surface area (Å²) in [4.78, 5) is 13.6. The molecular formula is C14H25N5. The van der Waals surface area contributed by atoms with Gasteiger partial charge in [0.15, 0.2) is 0 Å². The van der Waals surface area contributed by atoms with Crippen LogP contribution in [0.5, 0.6) is 0 Å². The fraction of sp³-hybridized carbons (Fsp3) is 0.714. The van der Waals surface area contributed by atoms with Crippen LogP contribution < -0.4 is 15.5 Å². The summed E-state index contributed by atoms with van der Waals surface area (Å²) in [5, 5.41) is 0. The van der Waals surface area contributed by atoms with Crippen LogP contribution in [0.25, 0.3) is 0 Å². The minimum Gasteiger partial charge on any atom is -0.358 e. The Morgan fingerprint density at radius 3 is 2.53 bits per heavy atom. The van der Waals surface area contributed by atoms with E-state index in [9.17, 15) is 0 Å². The van der Waals surface area contributed by atoms with E-state index in [2.05, 4.69) is 25.8 Å². The Morgan fingerprint density at radius 2 is 1.89 bits per heavy atom. The summed E-state index contributed by atoms with van der Waals surface area (Å²) in [6.45, 7) is 5.63. The molecule has 1 aromatic rings. The average Bonchev–Trinajstić information content (AvgIpc) is 2.67. The molecule has 2 heterocycles. The number of nitrogens with two attached hydrogens (primary N) is 1. The molecule has 1 fully saturated rings. The van der Waals surface area contributed by atoms with Crippen LogP contribution in [0, 0.1) is 6.92 Å². The van der Waals surface area contributed by atoms with Crippen LogP contribution in [0.2, 0.25) is 0 Å². The molecule has 5 nitrogen and oxygen atoms in total. The number of rotatable bonds is 4. The van der Waals surface area contributed by atoms with Crippen LogP contribution in [0.4, 0.5) is 11.6 Å². The molecule has 1 aliphatic rings. The van der Waals surface area contributed by atoms with Crippen molar-refractivity contribution in [1.82, 2.24) is 9.97 Å². The lowest BCUT2D eigenvalue weighted by atomic mass is 10.2. The molecule has 5 heteroatoms. The highest BCUT2D eigenvalue weighted by Gasteiger charge is 2.14. The van der Waals surface area contributed by atoms with E-state index < -0.39 is 0 Å². The molecule has 1 aromatic heterocycles. The molecule has 106 valence electrons. The maximum Gasteiger partial charge on any atom is 0.134 e. The van der Waals surface area contributed by atoms with Crippen LogP contribution in [-0.2, 0) is 0 Å². The molecule has 0 radical (unpaired) electrons. The van der Waals surface area contributed by atoms with Gasteiger partial charge in [0.25, 0.3) is 0 Å². The molecule has 0 bridgehead atoms. The number of likely N-dealkylation sites (N-methyl/N-ethyl adjacent to an activating group) is 1. The maximum absolute atomic E-state index is 5.61. The van der Waals surface area contributed by atoms with Crippen molar-refractivity contribution >= 4 is 11.6 Å². The lowest BCUT2D eigenvalue weighted by molar-refractivity contribution is 0.726. The number of hydrogen-bond acceptors (Lipinski definition) is 5. The van der Waals surface area contributed by atoms with Gasteiger partial charge in [0.2, 0.25) is 0 Å². The molecule has 1 aliphatic heterocycles. The minimum absolute atomic E-state index is 0.637. The molecule has 0 unspecified atom stereocenters. The highest BCUT2D eigenvalue weighted by Crippen LogP contribution is 2.21. The van der Waals surface area contributed by atoms with Crippen LogP contribution in [0.3, 0.4) is 0 Å². The van der Waals surface area contributed by atoms with Crippen LogP contribution in [0.15, 0.2) is 6.07 Å². The van der Waals surface area contributed by atoms with Gasteiger partial charge in [0.05, 0.1) is 0 Å². The van der Waals surface area contributed by atoms with Gasteiger partial charge in [-0.25, -0.2) is 9.97 Å². The van der Waals surface area contributed by atoms with Gasteiger partial charge in [-0.05, 0) is 19.8 Å². The van der Waals surface area contributed by atoms with Crippen LogP contribution in [0.1, 0.15) is 31.5 Å². The molecule has 2 rings (SSSR count). The van der Waals surface area contributed by atoms with Crippen LogP contribution >= 0.6 is 0 Å². The van der Waals surface area contributed by atoms with Gasteiger partial charge in [0, 0.05) is 39.3 Å². The normalized spacial score (nSPS) is 16.3. The Labute approximate surface area is 115 Å². The number of aromatic nitrogens is 2. The molecule has 0 spiro atoms. The second-order valence-corrected chi connectivity index (χ2v) is 5.24. The fourth-order valence-electron chi connectivity index (χ4n) is 2.50. The smallest absolute Gasteiger partial charge is 0.134 e. The van der Waals surface area contributed by atoms with Gasteiger partial charge in [-0.15, -0.1) is 0 Å². The summed E-state index contributed by atoms with van der Waals surface area (Å²) in [5.74, 6) is 2.87. The predicted octanol–water partition coefficient (Wildman–Crippen LogP) is 1.56. The van der Waals surface area contributed by atoms with Crippen LogP contribution in [-0.4, -0.2) is 43.2 Å². The van der Waals surface area contributed by atoms with E-state index in [1.807, 2.05) is 14.0 Å². The van der Waals surface area contributed by atoms with Gasteiger partial charge in [0.1, 0.15) is 17.5 Å². The third-order valence-corrected chi connectivity index (χ3v) is 3.60. The highest BCUT2D eigenvalue weighted by atomic mass is 15.2. The first-order valence-electron chi connectivity index (χ1n) is 7.22. The largest absolute Gasteiger partial charge is 0.358 e. The Kier molecular flexibility index (Phi) is 4.96. The van der Waals surface area contributed by atoms with E-state index in [0.717, 1.165) is 37.1 Å². The Morgan fingerprint density at radius 1 is 1.21 bits per heavy atom. The summed E-state index contributed by atoms with van der Waals surface area (Å²) in [5.41, 5.74) is 5.61. The second-order valence-electron chi connectivity index (χ2n) is 5.24. The molecule has 0 aliphatic carbocycles. The van der Waals surface area contributed by atoms with Crippen molar-refractivity contribution in [3.8, 4) is 0 Å². The van der Waals surface area contributed by atoms with Crippen molar-refractivity contribution < 1.29 is 0 Å². The molecule has 0 aromatic carbocycles. The maximum atomic E-state index is 5.61. The first kappa shape index (κ1) is 14.1. The second kappa shape index (κ2) is 6.70. The third-order valence-electron chi connectivity index (χ3n) is 3.60. The summed E-state index contributed by atoms with van der Waals surface area (Å²) in [6.07, 6.45) is 5.19. The zero-order valence-corrected chi connectivity index (χ0v) is 12.1. The third kappa shape index (κ3) is 3.80. The summed E-state index contributed by atoms with van der Waals surface area (Å²) < 4.78 is 0. The van der Waals surface area contributed by atoms with E-state index in [-0.39, 0.29) is 0 Å². The van der Waals surface area contributed by atoms with Gasteiger partial charge < -0.3 is 15.5 Å². The number of aryl methyl sites for hydroxylation is 1. The molecule has 1 saturated heterocycles. The number of hydrogen-bond donors (Lipinski definition) is 1. The van der Waals surface area contributed by atoms with E-state index in [4.69, 9.17) is 5.73 Å². The van der Waals surface area contributed by atoms with E-state index in [1.54, 1.807) is 0 Å². The summed E-state index contributed by atoms with van der Waals surface area (Å²) >= 11 is 0. The van der Waals surface area contributed by atoms with Gasteiger partial charge in [-0.3, -0.25) is 0 Å². The van der Waals surface area contributed by atoms with Crippen molar-refractivity contribution in [2.75, 3.05) is 43.0 Å². The Hall–Kier alpha value is -1.36. The Bertz CT molecular complexity index is 399. The topological polar surface area (TPSA) is 58.3 Å². The van der Waals surface area contributed by atoms with Crippen molar-refractivity contribution in [2.24, 2.45) is 5.73 Å². The van der Waals surface area contributed by atoms with Crippen molar-refractivity contribution in [3.05, 3.63) is 11.9 Å². The zero-order chi connectivity index (χ0) is 13.7. The lowest BCUT2D eigenvalue weighted by Gasteiger charge is -2.24. The summed E-state index contributed by atoms with van der Waals surface area (Å²) in [6, 6.07) is 2.09. The Balaban J connectivity index is 2.19. The van der Waals surface area contributed by atoms with E-state index >= 15 is 0 Å². The number of anilines is 2. The predicted molar refractivity (Wildman–Crippen MR) is 79.8 cm³/mol. The van der Waals surface area contributed by atoms with Gasteiger partial charge in [-0.1, -0.05) is 12.8 Å². The molecule has 19 heavy (non-hydrogen) atoms. The van der Waals surface area contributed by atoms with Gasteiger partial charge in [-0.2, -0.15) is 0 Å². The van der Waals surface area contributed by atoms with E-state index in [1.165, 1.54) is 25.7 Å². The SMILES string of the molecule is Cc1nc(N(C)CCN)cc(N2CCCCCC2)n1. The minimum atomic E-state index is 0.637. The van der Waals surface area contributed by atoms with E-state index in [0.29, 0.717) is 6.54 Å². The van der Waals surface area contributed by atoms with Crippen molar-refractivity contribution in [3.63, 3.8) is 0 Å². The number of nitrogens with zero attached hydrogens (tertiary/aromatic N) is 4. The fourth-order valence-corrected chi connectivity index (χ4v) is 2.50. The zero-order valence-electron chi connectivity index (χ0n) is 12.1.